The summed E-state index contributed by atoms with van der Waals surface area (Å²) in [5.41, 5.74) is 1.93. The molecule has 0 radical (unpaired) electrons. The van der Waals surface area contributed by atoms with Crippen LogP contribution in [-0.2, 0) is 11.3 Å². The van der Waals surface area contributed by atoms with E-state index in [9.17, 15) is 9.59 Å². The summed E-state index contributed by atoms with van der Waals surface area (Å²) >= 11 is 0. The Morgan fingerprint density at radius 3 is 2.50 bits per heavy atom. The second kappa shape index (κ2) is 9.91. The largest absolute Gasteiger partial charge is 0.490 e. The molecule has 0 unspecified atom stereocenters. The number of hydrogen-bond acceptors (Lipinski definition) is 6. The van der Waals surface area contributed by atoms with Gasteiger partial charge in [0.25, 0.3) is 5.56 Å². The van der Waals surface area contributed by atoms with Gasteiger partial charge in [0.1, 0.15) is 12.3 Å². The standard InChI is InChI=1S/C23H26N2O5/c1-4-11-28-19-9-8-17(13-20(19)29-12-5-2)23(27)30-15-18-14-21(26)25-10-6-7-16(3)22(25)24-18/h6-10,13-14H,4-5,11-12,15H2,1-3H3. The van der Waals surface area contributed by atoms with Crippen LogP contribution in [0, 0.1) is 6.92 Å². The van der Waals surface area contributed by atoms with Gasteiger partial charge in [-0.05, 0) is 49.6 Å². The average molecular weight is 410 g/mol. The van der Waals surface area contributed by atoms with E-state index in [4.69, 9.17) is 14.2 Å². The number of carbonyl (C=O) groups excluding carboxylic acids is 1. The first-order chi connectivity index (χ1) is 14.5. The fourth-order valence-electron chi connectivity index (χ4n) is 2.90. The molecule has 0 bridgehead atoms. The maximum atomic E-state index is 12.6. The van der Waals surface area contributed by atoms with E-state index in [-0.39, 0.29) is 12.2 Å². The number of rotatable bonds is 9. The third-order valence-electron chi connectivity index (χ3n) is 4.39. The van der Waals surface area contributed by atoms with Gasteiger partial charge in [-0.25, -0.2) is 9.78 Å². The molecule has 158 valence electrons. The predicted octanol–water partition coefficient (Wildman–Crippen LogP) is 3.94. The van der Waals surface area contributed by atoms with Crippen LogP contribution in [0.3, 0.4) is 0 Å². The molecule has 0 aliphatic heterocycles. The topological polar surface area (TPSA) is 79.1 Å². The number of ether oxygens (including phenoxy) is 3. The number of aromatic nitrogens is 2. The van der Waals surface area contributed by atoms with Gasteiger partial charge in [0, 0.05) is 12.3 Å². The molecule has 3 rings (SSSR count). The van der Waals surface area contributed by atoms with Gasteiger partial charge >= 0.3 is 5.97 Å². The number of hydrogen-bond donors (Lipinski definition) is 0. The van der Waals surface area contributed by atoms with Gasteiger partial charge in [-0.3, -0.25) is 9.20 Å². The van der Waals surface area contributed by atoms with Crippen molar-refractivity contribution in [3.8, 4) is 11.5 Å². The number of benzene rings is 1. The number of esters is 1. The molecule has 0 N–H and O–H groups in total. The molecule has 0 saturated carbocycles. The van der Waals surface area contributed by atoms with E-state index >= 15 is 0 Å². The van der Waals surface area contributed by atoms with Crippen molar-refractivity contribution in [3.63, 3.8) is 0 Å². The maximum absolute atomic E-state index is 12.6. The summed E-state index contributed by atoms with van der Waals surface area (Å²) < 4.78 is 18.3. The minimum absolute atomic E-state index is 0.0991. The quantitative estimate of drug-likeness (QED) is 0.497. The fraction of sp³-hybridized carbons (Fsp3) is 0.348. The van der Waals surface area contributed by atoms with Crippen LogP contribution in [0.4, 0.5) is 0 Å². The highest BCUT2D eigenvalue weighted by Crippen LogP contribution is 2.29. The number of pyridine rings is 1. The van der Waals surface area contributed by atoms with Crippen LogP contribution in [0.1, 0.15) is 48.3 Å². The van der Waals surface area contributed by atoms with Gasteiger partial charge in [0.2, 0.25) is 0 Å². The van der Waals surface area contributed by atoms with Crippen molar-refractivity contribution in [3.05, 3.63) is 69.8 Å². The minimum Gasteiger partial charge on any atom is -0.490 e. The highest BCUT2D eigenvalue weighted by atomic mass is 16.5. The van der Waals surface area contributed by atoms with Crippen molar-refractivity contribution >= 4 is 11.6 Å². The normalized spacial score (nSPS) is 10.8. The molecule has 0 atom stereocenters. The maximum Gasteiger partial charge on any atom is 0.338 e. The number of nitrogens with zero attached hydrogens (tertiary/aromatic N) is 2. The molecule has 1 aromatic carbocycles. The first kappa shape index (κ1) is 21.4. The van der Waals surface area contributed by atoms with Crippen molar-refractivity contribution in [2.24, 2.45) is 0 Å². The SMILES string of the molecule is CCCOc1ccc(C(=O)OCc2cc(=O)n3cccc(C)c3n2)cc1OCCC. The molecular weight excluding hydrogens is 384 g/mol. The molecule has 0 fully saturated rings. The third-order valence-corrected chi connectivity index (χ3v) is 4.39. The Labute approximate surface area is 175 Å². The Balaban J connectivity index is 1.76. The summed E-state index contributed by atoms with van der Waals surface area (Å²) in [4.78, 5) is 29.3. The summed E-state index contributed by atoms with van der Waals surface area (Å²) in [5, 5.41) is 0. The summed E-state index contributed by atoms with van der Waals surface area (Å²) in [6.07, 6.45) is 3.37. The second-order valence-electron chi connectivity index (χ2n) is 6.91. The molecule has 2 heterocycles. The molecule has 0 aliphatic carbocycles. The number of fused-ring (bicyclic) bond motifs is 1. The van der Waals surface area contributed by atoms with E-state index in [1.807, 2.05) is 26.8 Å². The van der Waals surface area contributed by atoms with Crippen LogP contribution in [0.5, 0.6) is 11.5 Å². The van der Waals surface area contributed by atoms with Crippen LogP contribution in [-0.4, -0.2) is 28.6 Å². The van der Waals surface area contributed by atoms with E-state index in [0.29, 0.717) is 41.6 Å². The van der Waals surface area contributed by atoms with Gasteiger partial charge in [0.15, 0.2) is 11.5 Å². The lowest BCUT2D eigenvalue weighted by Gasteiger charge is -2.13. The minimum atomic E-state index is -0.523. The van der Waals surface area contributed by atoms with Gasteiger partial charge in [0.05, 0.1) is 24.5 Å². The van der Waals surface area contributed by atoms with Crippen LogP contribution in [0.15, 0.2) is 47.4 Å². The highest BCUT2D eigenvalue weighted by molar-refractivity contribution is 5.90. The first-order valence-corrected chi connectivity index (χ1v) is 10.1. The Morgan fingerprint density at radius 1 is 1.03 bits per heavy atom. The van der Waals surface area contributed by atoms with Crippen LogP contribution in [0.2, 0.25) is 0 Å². The predicted molar refractivity (Wildman–Crippen MR) is 113 cm³/mol. The Morgan fingerprint density at radius 2 is 1.77 bits per heavy atom. The Bertz CT molecular complexity index is 1090. The molecule has 2 aromatic heterocycles. The summed E-state index contributed by atoms with van der Waals surface area (Å²) in [5.74, 6) is 0.587. The molecule has 30 heavy (non-hydrogen) atoms. The van der Waals surface area contributed by atoms with Crippen molar-refractivity contribution in [2.75, 3.05) is 13.2 Å². The summed E-state index contributed by atoms with van der Waals surface area (Å²) in [6.45, 7) is 6.88. The summed E-state index contributed by atoms with van der Waals surface area (Å²) in [6, 6.07) is 10.0. The Kier molecular flexibility index (Phi) is 7.06. The fourth-order valence-corrected chi connectivity index (χ4v) is 2.90. The van der Waals surface area contributed by atoms with Crippen molar-refractivity contribution in [1.82, 2.24) is 9.38 Å². The van der Waals surface area contributed by atoms with Crippen molar-refractivity contribution < 1.29 is 19.0 Å². The zero-order chi connectivity index (χ0) is 21.5. The molecule has 7 nitrogen and oxygen atoms in total. The van der Waals surface area contributed by atoms with Crippen molar-refractivity contribution in [2.45, 2.75) is 40.2 Å². The van der Waals surface area contributed by atoms with Gasteiger partial charge in [-0.15, -0.1) is 0 Å². The number of aryl methyl sites for hydroxylation is 1. The Hall–Kier alpha value is -3.35. The average Bonchev–Trinajstić information content (AvgIpc) is 2.75. The van der Waals surface area contributed by atoms with E-state index in [1.54, 1.807) is 30.5 Å². The number of carbonyl (C=O) groups is 1. The van der Waals surface area contributed by atoms with Gasteiger partial charge in [-0.2, -0.15) is 0 Å². The molecule has 7 heteroatoms. The van der Waals surface area contributed by atoms with E-state index < -0.39 is 5.97 Å². The van der Waals surface area contributed by atoms with E-state index in [0.717, 1.165) is 18.4 Å². The molecule has 0 spiro atoms. The van der Waals surface area contributed by atoms with Gasteiger partial charge in [-0.1, -0.05) is 19.9 Å². The molecule has 0 aliphatic rings. The van der Waals surface area contributed by atoms with Gasteiger partial charge < -0.3 is 14.2 Å². The highest BCUT2D eigenvalue weighted by Gasteiger charge is 2.14. The van der Waals surface area contributed by atoms with Crippen LogP contribution >= 0.6 is 0 Å². The van der Waals surface area contributed by atoms with Crippen LogP contribution in [0.25, 0.3) is 5.65 Å². The second-order valence-corrected chi connectivity index (χ2v) is 6.91. The molecular formula is C23H26N2O5. The lowest BCUT2D eigenvalue weighted by atomic mass is 10.2. The summed E-state index contributed by atoms with van der Waals surface area (Å²) in [7, 11) is 0. The monoisotopic (exact) mass is 410 g/mol. The zero-order valence-electron chi connectivity index (χ0n) is 17.5. The third kappa shape index (κ3) is 4.97. The molecule has 3 aromatic rings. The van der Waals surface area contributed by atoms with E-state index in [1.165, 1.54) is 10.5 Å². The lowest BCUT2D eigenvalue weighted by molar-refractivity contribution is 0.0467. The van der Waals surface area contributed by atoms with Crippen molar-refractivity contribution in [1.29, 1.82) is 0 Å². The lowest BCUT2D eigenvalue weighted by Crippen LogP contribution is -2.17. The molecule has 0 saturated heterocycles. The van der Waals surface area contributed by atoms with Crippen LogP contribution < -0.4 is 15.0 Å². The molecule has 0 amide bonds. The zero-order valence-corrected chi connectivity index (χ0v) is 17.5. The smallest absolute Gasteiger partial charge is 0.338 e. The first-order valence-electron chi connectivity index (χ1n) is 10.1. The van der Waals surface area contributed by atoms with E-state index in [2.05, 4.69) is 4.98 Å².